The van der Waals surface area contributed by atoms with Gasteiger partial charge in [-0.2, -0.15) is 5.26 Å². The van der Waals surface area contributed by atoms with Crippen LogP contribution in [0.1, 0.15) is 35.8 Å². The van der Waals surface area contributed by atoms with Crippen LogP contribution in [-0.2, 0) is 17.6 Å². The summed E-state index contributed by atoms with van der Waals surface area (Å²) in [6.45, 7) is 1.70. The molecule has 160 valence electrons. The van der Waals surface area contributed by atoms with Crippen LogP contribution in [-0.4, -0.2) is 23.5 Å². The molecule has 0 spiro atoms. The Kier molecular flexibility index (Phi) is 6.15. The molecule has 2 aromatic heterocycles. The van der Waals surface area contributed by atoms with E-state index in [-0.39, 0.29) is 10.9 Å². The normalized spacial score (nSPS) is 13.8. The maximum absolute atomic E-state index is 12.8. The van der Waals surface area contributed by atoms with Crippen LogP contribution >= 0.6 is 23.1 Å². The number of thioether (sulfide) groups is 1. The van der Waals surface area contributed by atoms with E-state index in [1.165, 1.54) is 20.9 Å². The van der Waals surface area contributed by atoms with E-state index in [1.54, 1.807) is 38.3 Å². The molecule has 3 aromatic rings. The summed E-state index contributed by atoms with van der Waals surface area (Å²) in [6.07, 6.45) is 3.97. The smallest absolute Gasteiger partial charge is 0.298 e. The number of hydrogen-bond acceptors (Lipinski definition) is 8. The molecular weight excluding hydrogens is 436 g/mol. The van der Waals surface area contributed by atoms with Crippen LogP contribution in [0.3, 0.4) is 0 Å². The predicted octanol–water partition coefficient (Wildman–Crippen LogP) is 2.96. The number of carbonyl (C=O) groups is 1. The second-order valence-electron chi connectivity index (χ2n) is 7.05. The van der Waals surface area contributed by atoms with Gasteiger partial charge in [-0.3, -0.25) is 4.79 Å². The number of rotatable bonds is 6. The number of anilines is 1. The van der Waals surface area contributed by atoms with Gasteiger partial charge >= 0.3 is 0 Å². The van der Waals surface area contributed by atoms with E-state index >= 15 is 0 Å². The molecule has 0 saturated heterocycles. The molecule has 0 bridgehead atoms. The predicted molar refractivity (Wildman–Crippen MR) is 114 cm³/mol. The summed E-state index contributed by atoms with van der Waals surface area (Å²) in [7, 11) is 1.57. The number of aryl methyl sites for hydroxylation is 1. The topological polar surface area (TPSA) is 115 Å². The highest BCUT2D eigenvalue weighted by molar-refractivity contribution is 8.00. The molecule has 4 rings (SSSR count). The molecular formula is C21H20N4O4S2. The molecule has 0 radical (unpaired) electrons. The summed E-state index contributed by atoms with van der Waals surface area (Å²) in [5.74, 6) is -0.240. The van der Waals surface area contributed by atoms with Gasteiger partial charge in [0.05, 0.1) is 23.2 Å². The number of amides is 1. The molecule has 1 unspecified atom stereocenters. The Hall–Kier alpha value is -3.03. The van der Waals surface area contributed by atoms with Crippen LogP contribution in [0.5, 0.6) is 11.7 Å². The number of fused-ring (bicyclic) bond motifs is 1. The lowest BCUT2D eigenvalue weighted by molar-refractivity contribution is -0.705. The maximum Gasteiger partial charge on any atom is 0.298 e. The second-order valence-corrected chi connectivity index (χ2v) is 9.49. The van der Waals surface area contributed by atoms with Gasteiger partial charge in [0.1, 0.15) is 16.8 Å². The van der Waals surface area contributed by atoms with Crippen molar-refractivity contribution >= 4 is 34.0 Å². The van der Waals surface area contributed by atoms with Crippen LogP contribution in [0.25, 0.3) is 5.69 Å². The van der Waals surface area contributed by atoms with Crippen molar-refractivity contribution in [1.82, 2.24) is 5.27 Å². The molecule has 1 aromatic carbocycles. The van der Waals surface area contributed by atoms with E-state index in [0.29, 0.717) is 22.0 Å². The van der Waals surface area contributed by atoms with Crippen molar-refractivity contribution in [3.63, 3.8) is 0 Å². The number of hydrogen-bond donors (Lipinski definition) is 1. The van der Waals surface area contributed by atoms with Gasteiger partial charge in [-0.25, -0.2) is 0 Å². The van der Waals surface area contributed by atoms with Crippen LogP contribution in [0.2, 0.25) is 0 Å². The first-order valence-corrected chi connectivity index (χ1v) is 11.5. The summed E-state index contributed by atoms with van der Waals surface area (Å²) in [6, 6.07) is 9.21. The van der Waals surface area contributed by atoms with Gasteiger partial charge in [0, 0.05) is 17.0 Å². The number of benzene rings is 1. The summed E-state index contributed by atoms with van der Waals surface area (Å²) in [5, 5.41) is 28.7. The number of aromatic nitrogens is 2. The monoisotopic (exact) mass is 456 g/mol. The Balaban J connectivity index is 1.52. The maximum atomic E-state index is 12.8. The van der Waals surface area contributed by atoms with Crippen molar-refractivity contribution in [2.24, 2.45) is 0 Å². The Morgan fingerprint density at radius 1 is 1.39 bits per heavy atom. The van der Waals surface area contributed by atoms with Gasteiger partial charge in [-0.1, -0.05) is 0 Å². The Labute approximate surface area is 187 Å². The second kappa shape index (κ2) is 8.99. The highest BCUT2D eigenvalue weighted by Crippen LogP contribution is 2.38. The van der Waals surface area contributed by atoms with Crippen molar-refractivity contribution in [3.8, 4) is 23.5 Å². The minimum Gasteiger partial charge on any atom is -0.538 e. The molecule has 1 atom stereocenters. The van der Waals surface area contributed by atoms with Gasteiger partial charge in [0.15, 0.2) is 5.95 Å². The number of nitrogens with zero attached hydrogens (tertiary/aromatic N) is 3. The van der Waals surface area contributed by atoms with Crippen molar-refractivity contribution in [2.75, 3.05) is 12.4 Å². The standard InChI is InChI=1S/C21H20N4O4S2/c1-12(18(26)23-19-16(11-22)15-5-3-4-6-17(15)31-19)30-20-21(27)29-24-25(20)13-7-9-14(28-2)10-8-13/h7-10,12H,3-6H2,1-2H3,(H-,23,24,26,27). The number of nitriles is 1. The molecule has 0 fully saturated rings. The third-order valence-electron chi connectivity index (χ3n) is 5.07. The Morgan fingerprint density at radius 2 is 2.13 bits per heavy atom. The van der Waals surface area contributed by atoms with Gasteiger partial charge in [-0.15, -0.1) is 11.3 Å². The fraction of sp³-hybridized carbons (Fsp3) is 0.333. The third-order valence-corrected chi connectivity index (χ3v) is 7.40. The van der Waals surface area contributed by atoms with E-state index in [4.69, 9.17) is 9.26 Å². The van der Waals surface area contributed by atoms with E-state index in [9.17, 15) is 15.2 Å². The SMILES string of the molecule is COc1ccc(-[n+]2noc([O-])c2SC(C)C(=O)Nc2sc3c(c2C#N)CCCC3)cc1. The molecule has 1 amide bonds. The average Bonchev–Trinajstić information content (AvgIpc) is 3.33. The number of ether oxygens (including phenoxy) is 1. The number of carbonyl (C=O) groups excluding carboxylic acids is 1. The van der Waals surface area contributed by atoms with Crippen molar-refractivity contribution in [3.05, 3.63) is 40.3 Å². The minimum atomic E-state index is -0.621. The summed E-state index contributed by atoms with van der Waals surface area (Å²) in [4.78, 5) is 14.0. The van der Waals surface area contributed by atoms with Gasteiger partial charge < -0.3 is 19.7 Å². The van der Waals surface area contributed by atoms with Crippen LogP contribution in [0, 0.1) is 11.3 Å². The summed E-state index contributed by atoms with van der Waals surface area (Å²) >= 11 is 2.53. The first kappa shape index (κ1) is 21.2. The Morgan fingerprint density at radius 3 is 2.84 bits per heavy atom. The minimum absolute atomic E-state index is 0.193. The highest BCUT2D eigenvalue weighted by atomic mass is 32.2. The van der Waals surface area contributed by atoms with Crippen LogP contribution in [0.4, 0.5) is 5.00 Å². The molecule has 31 heavy (non-hydrogen) atoms. The zero-order chi connectivity index (χ0) is 22.0. The van der Waals surface area contributed by atoms with E-state index in [2.05, 4.69) is 16.7 Å². The zero-order valence-corrected chi connectivity index (χ0v) is 18.6. The summed E-state index contributed by atoms with van der Waals surface area (Å²) in [5.41, 5.74) is 2.24. The highest BCUT2D eigenvalue weighted by Gasteiger charge is 2.28. The average molecular weight is 457 g/mol. The molecule has 1 N–H and O–H groups in total. The lowest BCUT2D eigenvalue weighted by Crippen LogP contribution is -2.36. The molecule has 1 aliphatic carbocycles. The fourth-order valence-corrected chi connectivity index (χ4v) is 5.55. The number of thiophene rings is 1. The summed E-state index contributed by atoms with van der Waals surface area (Å²) < 4.78 is 11.3. The van der Waals surface area contributed by atoms with Crippen molar-refractivity contribution < 1.29 is 23.8 Å². The molecule has 2 heterocycles. The molecule has 0 saturated carbocycles. The fourth-order valence-electron chi connectivity index (χ4n) is 3.43. The molecule has 10 heteroatoms. The number of methoxy groups -OCH3 is 1. The molecule has 8 nitrogen and oxygen atoms in total. The zero-order valence-electron chi connectivity index (χ0n) is 17.0. The van der Waals surface area contributed by atoms with Gasteiger partial charge in [-0.05, 0) is 66.7 Å². The van der Waals surface area contributed by atoms with Crippen LogP contribution in [0.15, 0.2) is 33.8 Å². The van der Waals surface area contributed by atoms with Crippen LogP contribution < -0.4 is 19.8 Å². The first-order chi connectivity index (χ1) is 15.0. The molecule has 1 aliphatic rings. The lowest BCUT2D eigenvalue weighted by atomic mass is 9.96. The van der Waals surface area contributed by atoms with E-state index < -0.39 is 11.2 Å². The van der Waals surface area contributed by atoms with Crippen molar-refractivity contribution in [2.45, 2.75) is 42.9 Å². The molecule has 0 aliphatic heterocycles. The number of nitrogens with one attached hydrogen (secondary N) is 1. The Bertz CT molecular complexity index is 1150. The largest absolute Gasteiger partial charge is 0.538 e. The van der Waals surface area contributed by atoms with Crippen molar-refractivity contribution in [1.29, 1.82) is 5.26 Å². The quantitative estimate of drug-likeness (QED) is 0.448. The van der Waals surface area contributed by atoms with Gasteiger partial charge in [0.2, 0.25) is 11.6 Å². The van der Waals surface area contributed by atoms with Gasteiger partial charge in [0.25, 0.3) is 5.03 Å². The van der Waals surface area contributed by atoms with E-state index in [0.717, 1.165) is 43.0 Å². The van der Waals surface area contributed by atoms with E-state index in [1.807, 2.05) is 0 Å². The lowest BCUT2D eigenvalue weighted by Gasteiger charge is -2.10. The first-order valence-electron chi connectivity index (χ1n) is 9.77. The third kappa shape index (κ3) is 4.24.